The Morgan fingerprint density at radius 3 is 2.89 bits per heavy atom. The first-order valence-electron chi connectivity index (χ1n) is 8.66. The van der Waals surface area contributed by atoms with Gasteiger partial charge in [-0.3, -0.25) is 9.69 Å². The molecule has 2 aromatic carbocycles. The van der Waals surface area contributed by atoms with Crippen molar-refractivity contribution >= 4 is 16.7 Å². The number of aromatic nitrogens is 2. The van der Waals surface area contributed by atoms with Crippen molar-refractivity contribution < 1.29 is 18.8 Å². The Morgan fingerprint density at radius 2 is 2.11 bits per heavy atom. The maximum absolute atomic E-state index is 11.1. The number of amides is 1. The van der Waals surface area contributed by atoms with Crippen molar-refractivity contribution in [3.05, 3.63) is 53.7 Å². The van der Waals surface area contributed by atoms with Crippen LogP contribution in [0.25, 0.3) is 10.8 Å². The molecule has 1 aliphatic rings. The average molecular weight is 368 g/mol. The molecule has 27 heavy (non-hydrogen) atoms. The number of hydrogen-bond acceptors (Lipinski definition) is 7. The number of rotatable bonds is 5. The molecule has 8 nitrogen and oxygen atoms in total. The molecule has 0 radical (unpaired) electrons. The molecule has 1 aromatic heterocycles. The maximum Gasteiger partial charge on any atom is 0.315 e. The first-order valence-corrected chi connectivity index (χ1v) is 8.66. The highest BCUT2D eigenvalue weighted by Crippen LogP contribution is 2.28. The number of fused-ring (bicyclic) bond motifs is 1. The van der Waals surface area contributed by atoms with E-state index in [4.69, 9.17) is 19.7 Å². The summed E-state index contributed by atoms with van der Waals surface area (Å²) < 4.78 is 16.1. The number of hydrogen-bond donors (Lipinski definition) is 1. The number of methoxy groups -OCH3 is 1. The largest absolute Gasteiger partial charge is 0.497 e. The van der Waals surface area contributed by atoms with Gasteiger partial charge in [0.05, 0.1) is 26.4 Å². The molecule has 1 atom stereocenters. The first kappa shape index (κ1) is 17.4. The van der Waals surface area contributed by atoms with Crippen LogP contribution >= 0.6 is 0 Å². The molecular formula is C19H20N4O4. The smallest absolute Gasteiger partial charge is 0.315 e. The summed E-state index contributed by atoms with van der Waals surface area (Å²) in [4.78, 5) is 17.3. The highest BCUT2D eigenvalue weighted by molar-refractivity contribution is 5.87. The quantitative estimate of drug-likeness (QED) is 0.733. The molecule has 0 aliphatic carbocycles. The van der Waals surface area contributed by atoms with Crippen LogP contribution in [0.5, 0.6) is 5.75 Å². The molecule has 1 amide bonds. The molecule has 1 fully saturated rings. The molecular weight excluding hydrogens is 348 g/mol. The van der Waals surface area contributed by atoms with Crippen LogP contribution in [0.4, 0.5) is 0 Å². The second kappa shape index (κ2) is 7.34. The van der Waals surface area contributed by atoms with E-state index in [1.54, 1.807) is 7.11 Å². The summed E-state index contributed by atoms with van der Waals surface area (Å²) in [7, 11) is 1.66. The monoisotopic (exact) mass is 368 g/mol. The molecule has 1 aliphatic heterocycles. The summed E-state index contributed by atoms with van der Waals surface area (Å²) in [5, 5.41) is 6.06. The van der Waals surface area contributed by atoms with Gasteiger partial charge in [-0.2, -0.15) is 4.98 Å². The minimum atomic E-state index is -0.721. The molecule has 1 saturated heterocycles. The maximum atomic E-state index is 11.1. The number of carbonyl (C=O) groups excluding carboxylic acids is 1. The van der Waals surface area contributed by atoms with E-state index in [1.165, 1.54) is 0 Å². The second-order valence-corrected chi connectivity index (χ2v) is 6.45. The zero-order chi connectivity index (χ0) is 18.8. The van der Waals surface area contributed by atoms with Crippen LogP contribution in [-0.4, -0.2) is 47.8 Å². The van der Waals surface area contributed by atoms with Gasteiger partial charge in [-0.05, 0) is 34.5 Å². The number of carbonyl (C=O) groups is 1. The molecule has 2 heterocycles. The van der Waals surface area contributed by atoms with Crippen molar-refractivity contribution in [3.63, 3.8) is 0 Å². The van der Waals surface area contributed by atoms with E-state index in [9.17, 15) is 4.79 Å². The van der Waals surface area contributed by atoms with Gasteiger partial charge in [0.15, 0.2) is 5.82 Å². The zero-order valence-corrected chi connectivity index (χ0v) is 14.9. The van der Waals surface area contributed by atoms with Gasteiger partial charge < -0.3 is 19.7 Å². The van der Waals surface area contributed by atoms with Gasteiger partial charge in [0, 0.05) is 13.1 Å². The summed E-state index contributed by atoms with van der Waals surface area (Å²) in [5.41, 5.74) is 6.26. The second-order valence-electron chi connectivity index (χ2n) is 6.45. The van der Waals surface area contributed by atoms with Crippen LogP contribution in [-0.2, 0) is 11.3 Å². The van der Waals surface area contributed by atoms with Crippen LogP contribution < -0.4 is 10.5 Å². The first-order chi connectivity index (χ1) is 13.1. The van der Waals surface area contributed by atoms with Gasteiger partial charge in [0.1, 0.15) is 5.75 Å². The SMILES string of the molecule is COc1ccc2cc(C3CN(Cc4noc(C(N)=O)n4)CCO3)ccc2c1. The average Bonchev–Trinajstić information content (AvgIpc) is 3.16. The standard InChI is InChI=1S/C19H20N4O4/c1-25-15-5-4-12-8-14(3-2-13(12)9-15)16-10-23(6-7-26-16)11-17-21-19(18(20)24)27-22-17/h2-5,8-9,16H,6-7,10-11H2,1H3,(H2,20,24). The Labute approximate surface area is 155 Å². The van der Waals surface area contributed by atoms with Crippen molar-refractivity contribution in [1.82, 2.24) is 15.0 Å². The summed E-state index contributed by atoms with van der Waals surface area (Å²) >= 11 is 0. The Morgan fingerprint density at radius 1 is 1.30 bits per heavy atom. The van der Waals surface area contributed by atoms with Gasteiger partial charge in [0.25, 0.3) is 0 Å². The fourth-order valence-corrected chi connectivity index (χ4v) is 3.24. The number of primary amides is 1. The number of nitrogens with zero attached hydrogens (tertiary/aromatic N) is 3. The minimum absolute atomic E-state index is 0.0484. The fraction of sp³-hybridized carbons (Fsp3) is 0.316. The summed E-state index contributed by atoms with van der Waals surface area (Å²) in [6.45, 7) is 2.52. The Kier molecular flexibility index (Phi) is 4.74. The molecule has 3 aromatic rings. The van der Waals surface area contributed by atoms with Crippen molar-refractivity contribution in [2.45, 2.75) is 12.6 Å². The van der Waals surface area contributed by atoms with E-state index in [2.05, 4.69) is 33.2 Å². The van der Waals surface area contributed by atoms with E-state index < -0.39 is 5.91 Å². The lowest BCUT2D eigenvalue weighted by Crippen LogP contribution is -2.38. The third-order valence-corrected chi connectivity index (χ3v) is 4.64. The predicted molar refractivity (Wildman–Crippen MR) is 97.3 cm³/mol. The molecule has 2 N–H and O–H groups in total. The van der Waals surface area contributed by atoms with Crippen LogP contribution in [0.3, 0.4) is 0 Å². The number of ether oxygens (including phenoxy) is 2. The van der Waals surface area contributed by atoms with Crippen molar-refractivity contribution in [3.8, 4) is 5.75 Å². The third-order valence-electron chi connectivity index (χ3n) is 4.64. The number of morpholine rings is 1. The lowest BCUT2D eigenvalue weighted by molar-refractivity contribution is -0.0337. The normalized spacial score (nSPS) is 17.9. The van der Waals surface area contributed by atoms with E-state index in [0.717, 1.165) is 28.6 Å². The Bertz CT molecular complexity index is 971. The van der Waals surface area contributed by atoms with Gasteiger partial charge >= 0.3 is 11.8 Å². The Hall–Kier alpha value is -2.97. The van der Waals surface area contributed by atoms with E-state index in [-0.39, 0.29) is 12.0 Å². The van der Waals surface area contributed by atoms with Crippen LogP contribution in [0.2, 0.25) is 0 Å². The minimum Gasteiger partial charge on any atom is -0.497 e. The van der Waals surface area contributed by atoms with Crippen LogP contribution in [0.1, 0.15) is 28.2 Å². The third kappa shape index (κ3) is 3.76. The van der Waals surface area contributed by atoms with Crippen LogP contribution in [0.15, 0.2) is 40.9 Å². The molecule has 140 valence electrons. The van der Waals surface area contributed by atoms with Gasteiger partial charge in [-0.15, -0.1) is 0 Å². The van der Waals surface area contributed by atoms with Gasteiger partial charge in [-0.25, -0.2) is 0 Å². The lowest BCUT2D eigenvalue weighted by atomic mass is 10.0. The highest BCUT2D eigenvalue weighted by Gasteiger charge is 2.24. The van der Waals surface area contributed by atoms with Gasteiger partial charge in [-0.1, -0.05) is 23.4 Å². The number of nitrogens with two attached hydrogens (primary N) is 1. The summed E-state index contributed by atoms with van der Waals surface area (Å²) in [5.74, 6) is 0.391. The molecule has 8 heteroatoms. The molecule has 0 saturated carbocycles. The summed E-state index contributed by atoms with van der Waals surface area (Å²) in [6.07, 6.45) is -0.0484. The molecule has 4 rings (SSSR count). The fourth-order valence-electron chi connectivity index (χ4n) is 3.24. The lowest BCUT2D eigenvalue weighted by Gasteiger charge is -2.32. The Balaban J connectivity index is 1.48. The molecule has 0 bridgehead atoms. The van der Waals surface area contributed by atoms with Crippen LogP contribution in [0, 0.1) is 0 Å². The molecule has 1 unspecified atom stereocenters. The zero-order valence-electron chi connectivity index (χ0n) is 14.9. The molecule has 0 spiro atoms. The van der Waals surface area contributed by atoms with E-state index >= 15 is 0 Å². The van der Waals surface area contributed by atoms with Gasteiger partial charge in [0.2, 0.25) is 0 Å². The topological polar surface area (TPSA) is 104 Å². The predicted octanol–water partition coefficient (Wildman–Crippen LogP) is 1.90. The van der Waals surface area contributed by atoms with Crippen molar-refractivity contribution in [1.29, 1.82) is 0 Å². The van der Waals surface area contributed by atoms with E-state index in [1.807, 2.05) is 18.2 Å². The highest BCUT2D eigenvalue weighted by atomic mass is 16.5. The van der Waals surface area contributed by atoms with Crippen molar-refractivity contribution in [2.75, 3.05) is 26.8 Å². The number of benzene rings is 2. The van der Waals surface area contributed by atoms with E-state index in [0.29, 0.717) is 25.5 Å². The summed E-state index contributed by atoms with van der Waals surface area (Å²) in [6, 6.07) is 12.3. The van der Waals surface area contributed by atoms with Crippen molar-refractivity contribution in [2.24, 2.45) is 5.73 Å².